The smallest absolute Gasteiger partial charge is 0.257 e. The number of hydrogen-bond donors (Lipinski definition) is 3. The van der Waals surface area contributed by atoms with Crippen LogP contribution in [-0.4, -0.2) is 23.5 Å². The molecule has 30 heavy (non-hydrogen) atoms. The SMILES string of the molecule is NC(=S)NNS(=O)(=O)c1ccc2nc(-c3ccccc3)c(-c3ccccc3)nc2c1. The van der Waals surface area contributed by atoms with Gasteiger partial charge in [0.2, 0.25) is 0 Å². The highest BCUT2D eigenvalue weighted by atomic mass is 32.2. The number of hydrogen-bond acceptors (Lipinski definition) is 5. The Morgan fingerprint density at radius 1 is 0.800 bits per heavy atom. The average Bonchev–Trinajstić information content (AvgIpc) is 2.77. The minimum absolute atomic E-state index is 0.0134. The van der Waals surface area contributed by atoms with Crippen LogP contribution in [0.2, 0.25) is 0 Å². The summed E-state index contributed by atoms with van der Waals surface area (Å²) in [6, 6.07) is 23.9. The Labute approximate surface area is 179 Å². The average molecular weight is 436 g/mol. The zero-order valence-corrected chi connectivity index (χ0v) is 17.2. The summed E-state index contributed by atoms with van der Waals surface area (Å²) in [6.45, 7) is 0. The van der Waals surface area contributed by atoms with Crippen molar-refractivity contribution in [1.82, 2.24) is 20.2 Å². The number of nitrogens with one attached hydrogen (secondary N) is 2. The molecule has 150 valence electrons. The fourth-order valence-electron chi connectivity index (χ4n) is 2.97. The molecule has 0 amide bonds. The maximum atomic E-state index is 12.5. The molecule has 4 aromatic rings. The van der Waals surface area contributed by atoms with Gasteiger partial charge in [0.15, 0.2) is 5.11 Å². The predicted molar refractivity (Wildman–Crippen MR) is 121 cm³/mol. The van der Waals surface area contributed by atoms with Crippen LogP contribution < -0.4 is 16.0 Å². The van der Waals surface area contributed by atoms with Crippen molar-refractivity contribution in [2.24, 2.45) is 5.73 Å². The monoisotopic (exact) mass is 435 g/mol. The standard InChI is InChI=1S/C21H17N5O2S2/c22-21(29)25-26-30(27,28)16-11-12-17-18(13-16)24-20(15-9-5-2-6-10-15)19(23-17)14-7-3-1-4-8-14/h1-13,26H,(H3,22,25,29). The molecule has 0 spiro atoms. The summed E-state index contributed by atoms with van der Waals surface area (Å²) in [4.78, 5) is 11.7. The zero-order valence-electron chi connectivity index (χ0n) is 15.6. The number of hydrazine groups is 1. The number of nitrogens with two attached hydrogens (primary N) is 1. The summed E-state index contributed by atoms with van der Waals surface area (Å²) in [5, 5.41) is -0.182. The molecule has 0 unspecified atom stereocenters. The fourth-order valence-corrected chi connectivity index (χ4v) is 3.96. The summed E-state index contributed by atoms with van der Waals surface area (Å²) in [6.07, 6.45) is 0. The predicted octanol–water partition coefficient (Wildman–Crippen LogP) is 2.99. The van der Waals surface area contributed by atoms with Gasteiger partial charge in [-0.2, -0.15) is 0 Å². The van der Waals surface area contributed by atoms with E-state index in [1.165, 1.54) is 12.1 Å². The largest absolute Gasteiger partial charge is 0.375 e. The van der Waals surface area contributed by atoms with Gasteiger partial charge in [0.25, 0.3) is 10.0 Å². The second kappa shape index (κ2) is 8.15. The Balaban J connectivity index is 1.89. The number of rotatable bonds is 5. The highest BCUT2D eigenvalue weighted by molar-refractivity contribution is 7.89. The number of thiocarbonyl (C=S) groups is 1. The maximum Gasteiger partial charge on any atom is 0.257 e. The minimum Gasteiger partial charge on any atom is -0.375 e. The topological polar surface area (TPSA) is 110 Å². The molecular weight excluding hydrogens is 418 g/mol. The van der Waals surface area contributed by atoms with Gasteiger partial charge in [-0.15, -0.1) is 4.83 Å². The van der Waals surface area contributed by atoms with Gasteiger partial charge in [-0.05, 0) is 30.4 Å². The van der Waals surface area contributed by atoms with E-state index in [4.69, 9.17) is 15.7 Å². The molecule has 4 rings (SSSR count). The molecule has 9 heteroatoms. The van der Waals surface area contributed by atoms with Crippen LogP contribution in [0.4, 0.5) is 0 Å². The van der Waals surface area contributed by atoms with Gasteiger partial charge in [-0.25, -0.2) is 18.4 Å². The molecule has 0 aliphatic heterocycles. The van der Waals surface area contributed by atoms with Crippen LogP contribution in [-0.2, 0) is 10.0 Å². The second-order valence-corrected chi connectivity index (χ2v) is 8.52. The van der Waals surface area contributed by atoms with Crippen molar-refractivity contribution in [3.63, 3.8) is 0 Å². The van der Waals surface area contributed by atoms with Gasteiger partial charge in [0, 0.05) is 11.1 Å². The van der Waals surface area contributed by atoms with Crippen LogP contribution in [0.1, 0.15) is 0 Å². The summed E-state index contributed by atoms with van der Waals surface area (Å²) in [7, 11) is -3.88. The Morgan fingerprint density at radius 2 is 1.33 bits per heavy atom. The van der Waals surface area contributed by atoms with Crippen LogP contribution in [0.15, 0.2) is 83.8 Å². The molecule has 0 bridgehead atoms. The lowest BCUT2D eigenvalue weighted by Crippen LogP contribution is -2.44. The highest BCUT2D eigenvalue weighted by Crippen LogP contribution is 2.31. The molecule has 0 saturated carbocycles. The number of fused-ring (bicyclic) bond motifs is 1. The van der Waals surface area contributed by atoms with E-state index >= 15 is 0 Å². The van der Waals surface area contributed by atoms with E-state index in [0.29, 0.717) is 16.7 Å². The number of sulfonamides is 1. The van der Waals surface area contributed by atoms with Crippen molar-refractivity contribution in [3.8, 4) is 22.5 Å². The van der Waals surface area contributed by atoms with E-state index < -0.39 is 10.0 Å². The first-order chi connectivity index (χ1) is 14.4. The van der Waals surface area contributed by atoms with Crippen molar-refractivity contribution in [2.75, 3.05) is 0 Å². The first kappa shape index (κ1) is 19.9. The van der Waals surface area contributed by atoms with Gasteiger partial charge < -0.3 is 5.73 Å². The quantitative estimate of drug-likeness (QED) is 0.326. The fraction of sp³-hybridized carbons (Fsp3) is 0. The molecule has 0 radical (unpaired) electrons. The third-order valence-corrected chi connectivity index (χ3v) is 5.70. The molecule has 4 N–H and O–H groups in total. The van der Waals surface area contributed by atoms with Gasteiger partial charge in [0.1, 0.15) is 0 Å². The van der Waals surface area contributed by atoms with Crippen LogP contribution in [0.5, 0.6) is 0 Å². The van der Waals surface area contributed by atoms with Crippen molar-refractivity contribution in [1.29, 1.82) is 0 Å². The summed E-state index contributed by atoms with van der Waals surface area (Å²) >= 11 is 4.64. The second-order valence-electron chi connectivity index (χ2n) is 6.40. The number of aromatic nitrogens is 2. The van der Waals surface area contributed by atoms with E-state index in [1.807, 2.05) is 60.7 Å². The van der Waals surface area contributed by atoms with Crippen molar-refractivity contribution >= 4 is 38.4 Å². The molecule has 7 nitrogen and oxygen atoms in total. The molecular formula is C21H17N5O2S2. The molecule has 1 aromatic heterocycles. The summed E-state index contributed by atoms with van der Waals surface area (Å²) in [5.74, 6) is 0. The van der Waals surface area contributed by atoms with Crippen LogP contribution in [0, 0.1) is 0 Å². The first-order valence-corrected chi connectivity index (χ1v) is 10.8. The van der Waals surface area contributed by atoms with Crippen molar-refractivity contribution in [2.45, 2.75) is 4.90 Å². The zero-order chi connectivity index (χ0) is 21.1. The van der Waals surface area contributed by atoms with E-state index in [1.54, 1.807) is 6.07 Å². The number of nitrogens with zero attached hydrogens (tertiary/aromatic N) is 2. The third kappa shape index (κ3) is 4.13. The van der Waals surface area contributed by atoms with Crippen molar-refractivity contribution < 1.29 is 8.42 Å². The van der Waals surface area contributed by atoms with Crippen LogP contribution in [0.3, 0.4) is 0 Å². The lowest BCUT2D eigenvalue weighted by Gasteiger charge is -2.12. The third-order valence-electron chi connectivity index (χ3n) is 4.35. The Morgan fingerprint density at radius 3 is 1.87 bits per heavy atom. The molecule has 0 fully saturated rings. The molecule has 1 heterocycles. The minimum atomic E-state index is -3.88. The highest BCUT2D eigenvalue weighted by Gasteiger charge is 2.17. The maximum absolute atomic E-state index is 12.5. The molecule has 0 aliphatic carbocycles. The van der Waals surface area contributed by atoms with E-state index in [9.17, 15) is 8.42 Å². The molecule has 3 aromatic carbocycles. The lowest BCUT2D eigenvalue weighted by molar-refractivity contribution is 0.577. The molecule has 0 aliphatic rings. The molecule has 0 atom stereocenters. The van der Waals surface area contributed by atoms with Gasteiger partial charge >= 0.3 is 0 Å². The lowest BCUT2D eigenvalue weighted by atomic mass is 10.0. The van der Waals surface area contributed by atoms with Crippen molar-refractivity contribution in [3.05, 3.63) is 78.9 Å². The van der Waals surface area contributed by atoms with E-state index in [0.717, 1.165) is 16.8 Å². The normalized spacial score (nSPS) is 11.3. The van der Waals surface area contributed by atoms with Gasteiger partial charge in [-0.3, -0.25) is 5.43 Å². The van der Waals surface area contributed by atoms with Gasteiger partial charge in [-0.1, -0.05) is 60.7 Å². The van der Waals surface area contributed by atoms with E-state index in [-0.39, 0.29) is 10.0 Å². The Bertz CT molecular complexity index is 1330. The first-order valence-electron chi connectivity index (χ1n) is 8.94. The summed E-state index contributed by atoms with van der Waals surface area (Å²) in [5.41, 5.74) is 11.7. The number of benzene rings is 3. The van der Waals surface area contributed by atoms with Crippen LogP contribution in [0.25, 0.3) is 33.5 Å². The van der Waals surface area contributed by atoms with Crippen LogP contribution >= 0.6 is 12.2 Å². The molecule has 0 saturated heterocycles. The summed E-state index contributed by atoms with van der Waals surface area (Å²) < 4.78 is 25.0. The Kier molecular flexibility index (Phi) is 5.40. The van der Waals surface area contributed by atoms with Gasteiger partial charge in [0.05, 0.1) is 27.3 Å². The Hall–Kier alpha value is -3.40. The van der Waals surface area contributed by atoms with E-state index in [2.05, 4.69) is 22.5 Å².